The Balaban J connectivity index is 2.10. The Labute approximate surface area is 213 Å². The Bertz CT molecular complexity index is 1230. The number of sulfonamides is 1. The van der Waals surface area contributed by atoms with Crippen LogP contribution < -0.4 is 20.1 Å². The minimum Gasteiger partial charge on any atom is -0.454 e. The molecule has 9 heteroatoms. The van der Waals surface area contributed by atoms with E-state index < -0.39 is 15.9 Å². The molecule has 36 heavy (non-hydrogen) atoms. The van der Waals surface area contributed by atoms with E-state index in [-0.39, 0.29) is 22.8 Å². The summed E-state index contributed by atoms with van der Waals surface area (Å²) >= 11 is 0. The maximum atomic E-state index is 13.1. The van der Waals surface area contributed by atoms with Gasteiger partial charge in [-0.2, -0.15) is 0 Å². The highest BCUT2D eigenvalue weighted by atomic mass is 32.2. The first kappa shape index (κ1) is 27.2. The zero-order valence-corrected chi connectivity index (χ0v) is 21.6. The topological polar surface area (TPSA) is 115 Å². The molecule has 1 aromatic heterocycles. The Kier molecular flexibility index (Phi) is 9.84. The smallest absolute Gasteiger partial charge is 0.251 e. The summed E-state index contributed by atoms with van der Waals surface area (Å²) in [6, 6.07) is 15.6. The molecule has 0 radical (unpaired) electrons. The van der Waals surface area contributed by atoms with Gasteiger partial charge in [0.15, 0.2) is 5.75 Å². The first-order chi connectivity index (χ1) is 17.3. The van der Waals surface area contributed by atoms with Crippen LogP contribution in [0, 0.1) is 0 Å². The molecule has 3 rings (SSSR count). The second kappa shape index (κ2) is 13.0. The van der Waals surface area contributed by atoms with E-state index in [1.165, 1.54) is 6.07 Å². The van der Waals surface area contributed by atoms with E-state index in [0.29, 0.717) is 24.5 Å². The number of nitrogens with two attached hydrogens (primary N) is 1. The van der Waals surface area contributed by atoms with Crippen LogP contribution in [0.2, 0.25) is 0 Å². The van der Waals surface area contributed by atoms with Crippen molar-refractivity contribution in [2.75, 3.05) is 18.0 Å². The lowest BCUT2D eigenvalue weighted by Crippen LogP contribution is -2.29. The number of unbranched alkanes of at least 4 members (excludes halogenated alkanes) is 2. The lowest BCUT2D eigenvalue weighted by Gasteiger charge is -2.28. The zero-order valence-electron chi connectivity index (χ0n) is 20.8. The molecule has 3 aromatic rings. The van der Waals surface area contributed by atoms with Gasteiger partial charge in [0, 0.05) is 37.6 Å². The second-order valence-corrected chi connectivity index (χ2v) is 10.1. The lowest BCUT2D eigenvalue weighted by atomic mass is 10.1. The highest BCUT2D eigenvalue weighted by molar-refractivity contribution is 7.89. The number of ether oxygens (including phenoxy) is 1. The van der Waals surface area contributed by atoms with Crippen molar-refractivity contribution in [3.05, 3.63) is 78.1 Å². The quantitative estimate of drug-likeness (QED) is 0.339. The van der Waals surface area contributed by atoms with Crippen LogP contribution in [-0.4, -0.2) is 32.4 Å². The number of pyridine rings is 1. The predicted octanol–water partition coefficient (Wildman–Crippen LogP) is 4.86. The summed E-state index contributed by atoms with van der Waals surface area (Å²) < 4.78 is 31.6. The molecule has 0 bridgehead atoms. The minimum absolute atomic E-state index is 0.125. The van der Waals surface area contributed by atoms with Gasteiger partial charge in [0.25, 0.3) is 5.91 Å². The third kappa shape index (κ3) is 7.53. The van der Waals surface area contributed by atoms with Crippen LogP contribution in [-0.2, 0) is 16.6 Å². The van der Waals surface area contributed by atoms with Crippen molar-refractivity contribution in [3.8, 4) is 11.5 Å². The highest BCUT2D eigenvalue weighted by Gasteiger charge is 2.26. The summed E-state index contributed by atoms with van der Waals surface area (Å²) in [6.07, 6.45) is 7.04. The van der Waals surface area contributed by atoms with Crippen molar-refractivity contribution >= 4 is 21.6 Å². The van der Waals surface area contributed by atoms with Crippen LogP contribution >= 0.6 is 0 Å². The zero-order chi connectivity index (χ0) is 26.0. The molecule has 0 saturated carbocycles. The third-order valence-corrected chi connectivity index (χ3v) is 6.56. The van der Waals surface area contributed by atoms with Crippen LogP contribution in [0.1, 0.15) is 55.5 Å². The number of aromatic nitrogens is 1. The average molecular weight is 511 g/mol. The molecule has 3 N–H and O–H groups in total. The van der Waals surface area contributed by atoms with E-state index in [1.54, 1.807) is 48.8 Å². The Hall–Kier alpha value is -3.43. The monoisotopic (exact) mass is 510 g/mol. The van der Waals surface area contributed by atoms with Gasteiger partial charge in [0.2, 0.25) is 10.0 Å². The first-order valence-electron chi connectivity index (χ1n) is 12.2. The highest BCUT2D eigenvalue weighted by Crippen LogP contribution is 2.39. The summed E-state index contributed by atoms with van der Waals surface area (Å²) in [5, 5.41) is 8.49. The molecule has 0 aliphatic heterocycles. The molecular formula is C27H34N4O4S. The molecule has 192 valence electrons. The fourth-order valence-corrected chi connectivity index (χ4v) is 4.41. The summed E-state index contributed by atoms with van der Waals surface area (Å²) in [5.41, 5.74) is 1.55. The summed E-state index contributed by atoms with van der Waals surface area (Å²) in [6.45, 7) is 5.82. The van der Waals surface area contributed by atoms with E-state index >= 15 is 0 Å². The van der Waals surface area contributed by atoms with Gasteiger partial charge in [-0.05, 0) is 48.7 Å². The van der Waals surface area contributed by atoms with Crippen molar-refractivity contribution in [3.63, 3.8) is 0 Å². The van der Waals surface area contributed by atoms with E-state index in [4.69, 9.17) is 9.88 Å². The number of para-hydroxylation sites is 1. The Morgan fingerprint density at radius 2 is 1.72 bits per heavy atom. The first-order valence-corrected chi connectivity index (χ1v) is 13.7. The molecule has 0 aliphatic carbocycles. The number of carbonyl (C=O) groups is 1. The number of hydrogen-bond donors (Lipinski definition) is 2. The Morgan fingerprint density at radius 3 is 2.31 bits per heavy atom. The molecule has 1 heterocycles. The van der Waals surface area contributed by atoms with Crippen LogP contribution in [0.5, 0.6) is 11.5 Å². The van der Waals surface area contributed by atoms with E-state index in [0.717, 1.165) is 31.2 Å². The van der Waals surface area contributed by atoms with Crippen LogP contribution in [0.15, 0.2) is 71.9 Å². The average Bonchev–Trinajstić information content (AvgIpc) is 2.88. The molecule has 2 aromatic carbocycles. The van der Waals surface area contributed by atoms with Crippen LogP contribution in [0.25, 0.3) is 0 Å². The number of anilines is 1. The number of nitrogens with one attached hydrogen (secondary N) is 1. The van der Waals surface area contributed by atoms with Gasteiger partial charge in [0.1, 0.15) is 10.6 Å². The van der Waals surface area contributed by atoms with E-state index in [9.17, 15) is 13.2 Å². The van der Waals surface area contributed by atoms with Crippen molar-refractivity contribution in [1.82, 2.24) is 10.3 Å². The maximum Gasteiger partial charge on any atom is 0.251 e. The SMILES string of the molecule is CCCCN(CCCC)c1cc(C(=O)NCc2cccnc2)cc(S(N)(=O)=O)c1Oc1ccccc1. The summed E-state index contributed by atoms with van der Waals surface area (Å²) in [5.74, 6) is 0.185. The molecule has 1 amide bonds. The van der Waals surface area contributed by atoms with Gasteiger partial charge in [-0.15, -0.1) is 0 Å². The molecule has 0 spiro atoms. The summed E-state index contributed by atoms with van der Waals surface area (Å²) in [4.78, 5) is 19.1. The van der Waals surface area contributed by atoms with Gasteiger partial charge >= 0.3 is 0 Å². The van der Waals surface area contributed by atoms with Crippen molar-refractivity contribution in [2.45, 2.75) is 51.0 Å². The van der Waals surface area contributed by atoms with Crippen LogP contribution in [0.4, 0.5) is 5.69 Å². The normalized spacial score (nSPS) is 11.2. The fraction of sp³-hybridized carbons (Fsp3) is 0.333. The van der Waals surface area contributed by atoms with Gasteiger partial charge in [0.05, 0.1) is 5.69 Å². The maximum absolute atomic E-state index is 13.1. The molecule has 0 atom stereocenters. The number of amides is 1. The molecular weight excluding hydrogens is 476 g/mol. The van der Waals surface area contributed by atoms with Gasteiger partial charge < -0.3 is 15.0 Å². The van der Waals surface area contributed by atoms with Crippen molar-refractivity contribution < 1.29 is 17.9 Å². The van der Waals surface area contributed by atoms with E-state index in [1.807, 2.05) is 12.1 Å². The van der Waals surface area contributed by atoms with Gasteiger partial charge in [-0.3, -0.25) is 9.78 Å². The molecule has 0 saturated heterocycles. The third-order valence-electron chi connectivity index (χ3n) is 5.65. The van der Waals surface area contributed by atoms with Crippen molar-refractivity contribution in [2.24, 2.45) is 5.14 Å². The standard InChI is InChI=1S/C27H34N4O4S/c1-3-5-15-31(16-6-4-2)24-17-22(27(32)30-20-21-11-10-14-29-19-21)18-25(36(28,33)34)26(24)35-23-12-8-7-9-13-23/h7-14,17-19H,3-6,15-16,20H2,1-2H3,(H,30,32)(H2,28,33,34). The number of carbonyl (C=O) groups excluding carboxylic acids is 1. The minimum atomic E-state index is -4.22. The second-order valence-electron chi connectivity index (χ2n) is 8.52. The Morgan fingerprint density at radius 1 is 1.03 bits per heavy atom. The number of nitrogens with zero attached hydrogens (tertiary/aromatic N) is 2. The number of rotatable bonds is 13. The molecule has 0 unspecified atom stereocenters. The van der Waals surface area contributed by atoms with E-state index in [2.05, 4.69) is 29.0 Å². The van der Waals surface area contributed by atoms with Gasteiger partial charge in [-0.1, -0.05) is 51.0 Å². The van der Waals surface area contributed by atoms with Crippen LogP contribution in [0.3, 0.4) is 0 Å². The largest absolute Gasteiger partial charge is 0.454 e. The summed E-state index contributed by atoms with van der Waals surface area (Å²) in [7, 11) is -4.22. The predicted molar refractivity (Wildman–Crippen MR) is 142 cm³/mol. The lowest BCUT2D eigenvalue weighted by molar-refractivity contribution is 0.0950. The van der Waals surface area contributed by atoms with Crippen molar-refractivity contribution in [1.29, 1.82) is 0 Å². The molecule has 8 nitrogen and oxygen atoms in total. The number of benzene rings is 2. The molecule has 0 fully saturated rings. The number of hydrogen-bond acceptors (Lipinski definition) is 6. The van der Waals surface area contributed by atoms with Gasteiger partial charge in [-0.25, -0.2) is 13.6 Å². The molecule has 0 aliphatic rings. The fourth-order valence-electron chi connectivity index (χ4n) is 3.71. The number of primary sulfonamides is 1.